The fraction of sp³-hybridized carbons (Fsp3) is 1.00. The molecule has 1 saturated carbocycles. The van der Waals surface area contributed by atoms with Gasteiger partial charge in [0.1, 0.15) is 0 Å². The number of rotatable bonds is 6. The minimum atomic E-state index is 0.364. The molecule has 0 aromatic carbocycles. The van der Waals surface area contributed by atoms with Crippen LogP contribution in [0.3, 0.4) is 0 Å². The molecule has 0 aliphatic heterocycles. The zero-order chi connectivity index (χ0) is 12.9. The van der Waals surface area contributed by atoms with Crippen molar-refractivity contribution in [2.45, 2.75) is 58.9 Å². The average Bonchev–Trinajstić information content (AvgIpc) is 2.69. The summed E-state index contributed by atoms with van der Waals surface area (Å²) in [6.07, 6.45) is 7.08. The van der Waals surface area contributed by atoms with E-state index >= 15 is 0 Å². The molecule has 0 spiro atoms. The van der Waals surface area contributed by atoms with Crippen molar-refractivity contribution in [3.63, 3.8) is 0 Å². The standard InChI is InChI=1S/C15H32N2/c1-15(2,3)14(16-4)10-11-17(5)12-13-8-6-7-9-13/h13-14,16H,6-12H2,1-5H3. The maximum absolute atomic E-state index is 3.46. The molecule has 0 aromatic rings. The second-order valence-electron chi connectivity index (χ2n) is 6.91. The van der Waals surface area contributed by atoms with Crippen LogP contribution in [0.25, 0.3) is 0 Å². The predicted octanol–water partition coefficient (Wildman–Crippen LogP) is 3.13. The molecule has 1 rings (SSSR count). The SMILES string of the molecule is CNC(CCN(C)CC1CCCC1)C(C)(C)C. The van der Waals surface area contributed by atoms with Gasteiger partial charge < -0.3 is 10.2 Å². The van der Waals surface area contributed by atoms with E-state index in [9.17, 15) is 0 Å². The maximum atomic E-state index is 3.46. The first-order valence-electron chi connectivity index (χ1n) is 7.29. The lowest BCUT2D eigenvalue weighted by Crippen LogP contribution is -2.41. The summed E-state index contributed by atoms with van der Waals surface area (Å²) in [6.45, 7) is 9.50. The first kappa shape index (κ1) is 15.0. The highest BCUT2D eigenvalue weighted by molar-refractivity contribution is 4.80. The van der Waals surface area contributed by atoms with Crippen molar-refractivity contribution in [1.29, 1.82) is 0 Å². The molecule has 0 saturated heterocycles. The maximum Gasteiger partial charge on any atom is 0.0125 e. The van der Waals surface area contributed by atoms with Crippen molar-refractivity contribution in [3.05, 3.63) is 0 Å². The second kappa shape index (κ2) is 6.75. The van der Waals surface area contributed by atoms with E-state index in [1.54, 1.807) is 0 Å². The van der Waals surface area contributed by atoms with Gasteiger partial charge in [-0.25, -0.2) is 0 Å². The summed E-state index contributed by atoms with van der Waals surface area (Å²) in [4.78, 5) is 2.53. The molecule has 2 heteroatoms. The third kappa shape index (κ3) is 5.39. The molecule has 0 aromatic heterocycles. The molecule has 1 atom stereocenters. The van der Waals surface area contributed by atoms with Gasteiger partial charge in [0.15, 0.2) is 0 Å². The van der Waals surface area contributed by atoms with Crippen molar-refractivity contribution in [3.8, 4) is 0 Å². The lowest BCUT2D eigenvalue weighted by Gasteiger charge is -2.32. The minimum Gasteiger partial charge on any atom is -0.316 e. The highest BCUT2D eigenvalue weighted by Crippen LogP contribution is 2.26. The third-order valence-corrected chi connectivity index (χ3v) is 4.24. The highest BCUT2D eigenvalue weighted by atomic mass is 15.1. The van der Waals surface area contributed by atoms with Gasteiger partial charge in [0.25, 0.3) is 0 Å². The molecule has 0 amide bonds. The van der Waals surface area contributed by atoms with E-state index < -0.39 is 0 Å². The van der Waals surface area contributed by atoms with Crippen LogP contribution in [0.4, 0.5) is 0 Å². The van der Waals surface area contributed by atoms with Crippen LogP contribution >= 0.6 is 0 Å². The highest BCUT2D eigenvalue weighted by Gasteiger charge is 2.23. The molecule has 0 bridgehead atoms. The van der Waals surface area contributed by atoms with Crippen LogP contribution in [0.5, 0.6) is 0 Å². The number of hydrogen-bond acceptors (Lipinski definition) is 2. The van der Waals surface area contributed by atoms with Gasteiger partial charge in [-0.2, -0.15) is 0 Å². The average molecular weight is 240 g/mol. The first-order valence-corrected chi connectivity index (χ1v) is 7.29. The molecule has 1 unspecified atom stereocenters. The molecular formula is C15H32N2. The molecule has 1 aliphatic rings. The van der Waals surface area contributed by atoms with E-state index in [-0.39, 0.29) is 0 Å². The van der Waals surface area contributed by atoms with Crippen LogP contribution < -0.4 is 5.32 Å². The van der Waals surface area contributed by atoms with Gasteiger partial charge in [-0.3, -0.25) is 0 Å². The van der Waals surface area contributed by atoms with Crippen LogP contribution in [0.2, 0.25) is 0 Å². The first-order chi connectivity index (χ1) is 7.93. The lowest BCUT2D eigenvalue weighted by molar-refractivity contribution is 0.215. The molecule has 0 heterocycles. The molecule has 102 valence electrons. The molecule has 2 nitrogen and oxygen atoms in total. The number of hydrogen-bond donors (Lipinski definition) is 1. The Labute approximate surface area is 108 Å². The van der Waals surface area contributed by atoms with Crippen molar-refractivity contribution < 1.29 is 0 Å². The Morgan fingerprint density at radius 3 is 2.29 bits per heavy atom. The van der Waals surface area contributed by atoms with Crippen LogP contribution in [0.15, 0.2) is 0 Å². The van der Waals surface area contributed by atoms with Crippen LogP contribution in [0, 0.1) is 11.3 Å². The van der Waals surface area contributed by atoms with Gasteiger partial charge in [-0.1, -0.05) is 33.6 Å². The molecule has 1 aliphatic carbocycles. The predicted molar refractivity (Wildman–Crippen MR) is 76.4 cm³/mol. The van der Waals surface area contributed by atoms with E-state index in [1.165, 1.54) is 45.2 Å². The Hall–Kier alpha value is -0.0800. The minimum absolute atomic E-state index is 0.364. The van der Waals surface area contributed by atoms with Crippen molar-refractivity contribution in [2.24, 2.45) is 11.3 Å². The Balaban J connectivity index is 2.23. The van der Waals surface area contributed by atoms with Crippen LogP contribution in [0.1, 0.15) is 52.9 Å². The van der Waals surface area contributed by atoms with Gasteiger partial charge >= 0.3 is 0 Å². The third-order valence-electron chi connectivity index (χ3n) is 4.24. The van der Waals surface area contributed by atoms with Crippen LogP contribution in [-0.2, 0) is 0 Å². The fourth-order valence-electron chi connectivity index (χ4n) is 3.08. The zero-order valence-corrected chi connectivity index (χ0v) is 12.6. The van der Waals surface area contributed by atoms with Gasteiger partial charge in [0.05, 0.1) is 0 Å². The summed E-state index contributed by atoms with van der Waals surface area (Å²) in [5.41, 5.74) is 0.364. The van der Waals surface area contributed by atoms with E-state index in [0.29, 0.717) is 11.5 Å². The zero-order valence-electron chi connectivity index (χ0n) is 12.6. The summed E-state index contributed by atoms with van der Waals surface area (Å²) >= 11 is 0. The summed E-state index contributed by atoms with van der Waals surface area (Å²) in [7, 11) is 4.38. The summed E-state index contributed by atoms with van der Waals surface area (Å²) in [5, 5.41) is 3.46. The van der Waals surface area contributed by atoms with Crippen molar-refractivity contribution >= 4 is 0 Å². The Kier molecular flexibility index (Phi) is 5.94. The normalized spacial score (nSPS) is 20.1. The van der Waals surface area contributed by atoms with Gasteiger partial charge in [0.2, 0.25) is 0 Å². The van der Waals surface area contributed by atoms with E-state index in [2.05, 4.69) is 45.1 Å². The quantitative estimate of drug-likeness (QED) is 0.767. The van der Waals surface area contributed by atoms with E-state index in [1.807, 2.05) is 0 Å². The summed E-state index contributed by atoms with van der Waals surface area (Å²) < 4.78 is 0. The van der Waals surface area contributed by atoms with Crippen LogP contribution in [-0.4, -0.2) is 38.1 Å². The summed E-state index contributed by atoms with van der Waals surface area (Å²) in [5.74, 6) is 0.975. The summed E-state index contributed by atoms with van der Waals surface area (Å²) in [6, 6.07) is 0.619. The van der Waals surface area contributed by atoms with Crippen molar-refractivity contribution in [2.75, 3.05) is 27.2 Å². The van der Waals surface area contributed by atoms with E-state index in [4.69, 9.17) is 0 Å². The van der Waals surface area contributed by atoms with Crippen molar-refractivity contribution in [1.82, 2.24) is 10.2 Å². The topological polar surface area (TPSA) is 15.3 Å². The Bertz CT molecular complexity index is 201. The Morgan fingerprint density at radius 1 is 1.24 bits per heavy atom. The molecule has 1 N–H and O–H groups in total. The largest absolute Gasteiger partial charge is 0.316 e. The number of nitrogens with zero attached hydrogens (tertiary/aromatic N) is 1. The van der Waals surface area contributed by atoms with E-state index in [0.717, 1.165) is 5.92 Å². The van der Waals surface area contributed by atoms with Gasteiger partial charge in [0, 0.05) is 12.6 Å². The second-order valence-corrected chi connectivity index (χ2v) is 6.91. The van der Waals surface area contributed by atoms with Gasteiger partial charge in [-0.05, 0) is 51.2 Å². The monoisotopic (exact) mass is 240 g/mol. The molecule has 17 heavy (non-hydrogen) atoms. The van der Waals surface area contributed by atoms with Gasteiger partial charge in [-0.15, -0.1) is 0 Å². The molecule has 1 fully saturated rings. The molecular weight excluding hydrogens is 208 g/mol. The Morgan fingerprint density at radius 2 is 1.82 bits per heavy atom. The smallest absolute Gasteiger partial charge is 0.0125 e. The molecule has 0 radical (unpaired) electrons. The fourth-order valence-corrected chi connectivity index (χ4v) is 3.08. The lowest BCUT2D eigenvalue weighted by atomic mass is 9.85. The number of nitrogens with one attached hydrogen (secondary N) is 1.